The van der Waals surface area contributed by atoms with Crippen LogP contribution in [0.4, 0.5) is 56.9 Å². The number of phenolic OH excluding ortho intramolecular Hbond substituents is 4. The van der Waals surface area contributed by atoms with Gasteiger partial charge in [-0.2, -0.15) is 23.8 Å². The number of aromatic hydroxyl groups is 4. The van der Waals surface area contributed by atoms with Gasteiger partial charge in [-0.05, 0) is 66.7 Å². The average Bonchev–Trinajstić information content (AvgIpc) is 3.10. The minimum atomic E-state index is -4.92. The zero-order valence-corrected chi connectivity index (χ0v) is 29.5. The van der Waals surface area contributed by atoms with Crippen molar-refractivity contribution in [3.05, 3.63) is 111 Å². The Bertz CT molecular complexity index is 2440. The topological polar surface area (TPSA) is 320 Å². The standard InChI is InChI=1S/C30H20N10O11S.Na/c41-24-12-10-21(34-31-16-1-6-19(7-2-16)39(45)46)29(43)27(24)37-33-18-5-14-26(52(49,50)51)23(15-18)36-38-28-25(42)13-11-22(30(28)44)35-32-17-3-8-20(9-4-17)40(47)48;/h1-15,41-44H,(H,49,50,51);. The van der Waals surface area contributed by atoms with Crippen LogP contribution in [0.5, 0.6) is 23.0 Å². The zero-order valence-electron chi connectivity index (χ0n) is 26.7. The molecule has 0 bridgehead atoms. The smallest absolute Gasteiger partial charge is 0.296 e. The van der Waals surface area contributed by atoms with Crippen LogP contribution in [0.2, 0.25) is 0 Å². The number of rotatable bonds is 11. The Hall–Kier alpha value is -6.59. The first kappa shape index (κ1) is 39.2. The maximum Gasteiger partial charge on any atom is 0.296 e. The fraction of sp³-hybridized carbons (Fsp3) is 0. The van der Waals surface area contributed by atoms with Crippen molar-refractivity contribution in [3.63, 3.8) is 0 Å². The third-order valence-corrected chi connectivity index (χ3v) is 7.53. The first-order valence-corrected chi connectivity index (χ1v) is 15.5. The van der Waals surface area contributed by atoms with Crippen molar-refractivity contribution in [3.8, 4) is 23.0 Å². The van der Waals surface area contributed by atoms with E-state index < -0.39 is 64.9 Å². The molecule has 5 aromatic rings. The second-order valence-corrected chi connectivity index (χ2v) is 11.5. The predicted molar refractivity (Wildman–Crippen MR) is 184 cm³/mol. The van der Waals surface area contributed by atoms with E-state index in [4.69, 9.17) is 0 Å². The number of nitrogens with zero attached hydrogens (tertiary/aromatic N) is 10. The molecule has 0 aromatic heterocycles. The van der Waals surface area contributed by atoms with Gasteiger partial charge in [0, 0.05) is 53.8 Å². The number of benzene rings is 5. The average molecular weight is 752 g/mol. The number of phenols is 4. The first-order valence-electron chi connectivity index (χ1n) is 14.1. The molecule has 0 unspecified atom stereocenters. The fourth-order valence-corrected chi connectivity index (χ4v) is 4.66. The third-order valence-electron chi connectivity index (χ3n) is 6.63. The van der Waals surface area contributed by atoms with Crippen LogP contribution in [0, 0.1) is 20.2 Å². The van der Waals surface area contributed by atoms with Crippen molar-refractivity contribution < 1.29 is 43.2 Å². The zero-order chi connectivity index (χ0) is 37.6. The van der Waals surface area contributed by atoms with Gasteiger partial charge in [-0.25, -0.2) is 0 Å². The van der Waals surface area contributed by atoms with E-state index in [1.54, 1.807) is 0 Å². The minimum absolute atomic E-state index is 0. The number of non-ortho nitro benzene ring substituents is 2. The molecular weight excluding hydrogens is 731 g/mol. The van der Waals surface area contributed by atoms with Crippen molar-refractivity contribution in [2.45, 2.75) is 4.90 Å². The predicted octanol–water partition coefficient (Wildman–Crippen LogP) is 8.85. The van der Waals surface area contributed by atoms with E-state index in [2.05, 4.69) is 40.9 Å². The van der Waals surface area contributed by atoms with Gasteiger partial charge in [0.15, 0.2) is 22.9 Å². The van der Waals surface area contributed by atoms with Gasteiger partial charge in [0.25, 0.3) is 21.5 Å². The number of hydrogen-bond acceptors (Lipinski definition) is 18. The summed E-state index contributed by atoms with van der Waals surface area (Å²) in [4.78, 5) is 19.7. The summed E-state index contributed by atoms with van der Waals surface area (Å²) in [5.74, 6) is -2.56. The number of hydrogen-bond donors (Lipinski definition) is 5. The van der Waals surface area contributed by atoms with Crippen molar-refractivity contribution >= 4 is 96.5 Å². The summed E-state index contributed by atoms with van der Waals surface area (Å²) in [6.45, 7) is 0. The minimum Gasteiger partial charge on any atom is -0.505 e. The van der Waals surface area contributed by atoms with Crippen molar-refractivity contribution in [1.29, 1.82) is 0 Å². The molecule has 0 amide bonds. The quantitative estimate of drug-likeness (QED) is 0.0279. The van der Waals surface area contributed by atoms with E-state index in [0.717, 1.165) is 30.3 Å². The van der Waals surface area contributed by atoms with Gasteiger partial charge in [0.05, 0.1) is 26.9 Å². The van der Waals surface area contributed by atoms with Crippen molar-refractivity contribution in [1.82, 2.24) is 0 Å². The Morgan fingerprint density at radius 2 is 0.868 bits per heavy atom. The Balaban J connectivity index is 0.00000627. The molecule has 0 saturated heterocycles. The summed E-state index contributed by atoms with van der Waals surface area (Å²) in [6.07, 6.45) is 0. The second-order valence-electron chi connectivity index (χ2n) is 10.1. The van der Waals surface area contributed by atoms with Gasteiger partial charge in [0.2, 0.25) is 0 Å². The molecule has 0 aliphatic heterocycles. The van der Waals surface area contributed by atoms with Crippen LogP contribution >= 0.6 is 0 Å². The molecule has 0 aliphatic rings. The number of azo groups is 4. The van der Waals surface area contributed by atoms with E-state index in [1.807, 2.05) is 0 Å². The van der Waals surface area contributed by atoms with E-state index >= 15 is 0 Å². The monoisotopic (exact) mass is 751 g/mol. The van der Waals surface area contributed by atoms with Crippen LogP contribution in [0.3, 0.4) is 0 Å². The summed E-state index contributed by atoms with van der Waals surface area (Å²) >= 11 is 0. The summed E-state index contributed by atoms with van der Waals surface area (Å²) < 4.78 is 33.9. The molecule has 0 fully saturated rings. The molecule has 53 heavy (non-hydrogen) atoms. The molecule has 1 radical (unpaired) electrons. The third kappa shape index (κ3) is 9.60. The van der Waals surface area contributed by atoms with Gasteiger partial charge < -0.3 is 20.4 Å². The van der Waals surface area contributed by atoms with Gasteiger partial charge in [-0.15, -0.1) is 25.6 Å². The number of nitro benzene ring substituents is 2. The molecule has 5 aromatic carbocycles. The largest absolute Gasteiger partial charge is 0.505 e. The van der Waals surface area contributed by atoms with E-state index in [1.165, 1.54) is 60.7 Å². The molecule has 23 heteroatoms. The maximum atomic E-state index is 12.1. The van der Waals surface area contributed by atoms with Crippen LogP contribution in [0.1, 0.15) is 0 Å². The molecule has 0 saturated carbocycles. The first-order chi connectivity index (χ1) is 24.7. The fourth-order valence-electron chi connectivity index (χ4n) is 4.06. The van der Waals surface area contributed by atoms with Crippen molar-refractivity contribution in [2.75, 3.05) is 0 Å². The van der Waals surface area contributed by atoms with Gasteiger partial charge in [0.1, 0.15) is 33.5 Å². The molecule has 21 nitrogen and oxygen atoms in total. The van der Waals surface area contributed by atoms with E-state index in [9.17, 15) is 53.6 Å². The van der Waals surface area contributed by atoms with Crippen LogP contribution in [0.15, 0.2) is 137 Å². The van der Waals surface area contributed by atoms with E-state index in [0.29, 0.717) is 0 Å². The number of nitro groups is 2. The molecule has 0 heterocycles. The van der Waals surface area contributed by atoms with Crippen LogP contribution in [-0.4, -0.2) is 72.8 Å². The molecular formula is C30H20N10NaO11S. The Morgan fingerprint density at radius 1 is 0.491 bits per heavy atom. The second kappa shape index (κ2) is 16.6. The Labute approximate surface area is 318 Å². The Morgan fingerprint density at radius 3 is 1.28 bits per heavy atom. The molecule has 263 valence electrons. The van der Waals surface area contributed by atoms with E-state index in [-0.39, 0.29) is 69.4 Å². The molecule has 0 atom stereocenters. The summed E-state index contributed by atoms with van der Waals surface area (Å²) in [5, 5.41) is 94.3. The molecule has 5 N–H and O–H groups in total. The molecule has 5 rings (SSSR count). The normalized spacial score (nSPS) is 11.8. The summed E-state index contributed by atoms with van der Waals surface area (Å²) in [7, 11) is -4.92. The van der Waals surface area contributed by atoms with Gasteiger partial charge >= 0.3 is 0 Å². The van der Waals surface area contributed by atoms with Gasteiger partial charge in [-0.3, -0.25) is 24.8 Å². The molecule has 0 spiro atoms. The van der Waals surface area contributed by atoms with Crippen molar-refractivity contribution in [2.24, 2.45) is 40.9 Å². The SMILES string of the molecule is O=[N+]([O-])c1ccc(N=Nc2ccc(O)c(N=Nc3ccc(S(=O)(=O)O)c(N=Nc4c(O)ccc(N=Nc5ccc([N+](=O)[O-])cc5)c4O)c3)c2O)cc1.[Na]. The summed E-state index contributed by atoms with van der Waals surface area (Å²) in [6, 6.07) is 17.5. The summed E-state index contributed by atoms with van der Waals surface area (Å²) in [5.41, 5.74) is -2.10. The molecule has 0 aliphatic carbocycles. The Kier molecular flexibility index (Phi) is 12.3. The van der Waals surface area contributed by atoms with Crippen LogP contribution < -0.4 is 0 Å². The van der Waals surface area contributed by atoms with Gasteiger partial charge in [-0.1, -0.05) is 0 Å². The van der Waals surface area contributed by atoms with Crippen LogP contribution in [0.25, 0.3) is 0 Å². The van der Waals surface area contributed by atoms with Crippen LogP contribution in [-0.2, 0) is 10.1 Å². The maximum absolute atomic E-state index is 12.1.